The largest absolute Gasteiger partial charge is 0.399 e. The predicted molar refractivity (Wildman–Crippen MR) is 60.7 cm³/mol. The van der Waals surface area contributed by atoms with E-state index in [4.69, 9.17) is 10.5 Å². The standard InChI is InChI=1S/C12H16F3NO/c1-12(2,7-17-6-11(14)15)9-4-3-8(16)5-10(9)13/h3-5,11H,6-7,16H2,1-2H3. The van der Waals surface area contributed by atoms with Crippen molar-refractivity contribution in [2.45, 2.75) is 25.7 Å². The Balaban J connectivity index is 2.74. The summed E-state index contributed by atoms with van der Waals surface area (Å²) in [6, 6.07) is 4.34. The summed E-state index contributed by atoms with van der Waals surface area (Å²) in [5, 5.41) is 0. The van der Waals surface area contributed by atoms with Gasteiger partial charge in [0.15, 0.2) is 0 Å². The molecule has 0 amide bonds. The van der Waals surface area contributed by atoms with Crippen LogP contribution in [0, 0.1) is 5.82 Å². The number of benzene rings is 1. The average Bonchev–Trinajstić information content (AvgIpc) is 2.15. The molecular formula is C12H16F3NO. The Morgan fingerprint density at radius 2 is 2.00 bits per heavy atom. The lowest BCUT2D eigenvalue weighted by molar-refractivity contribution is 0.00150. The number of hydrogen-bond donors (Lipinski definition) is 1. The lowest BCUT2D eigenvalue weighted by atomic mass is 9.85. The second-order valence-electron chi connectivity index (χ2n) is 4.53. The van der Waals surface area contributed by atoms with Gasteiger partial charge in [0.1, 0.15) is 12.4 Å². The highest BCUT2D eigenvalue weighted by atomic mass is 19.3. The lowest BCUT2D eigenvalue weighted by Gasteiger charge is -2.25. The van der Waals surface area contributed by atoms with Gasteiger partial charge in [-0.2, -0.15) is 0 Å². The molecule has 0 bridgehead atoms. The molecule has 2 nitrogen and oxygen atoms in total. The molecular weight excluding hydrogens is 231 g/mol. The third kappa shape index (κ3) is 3.93. The fraction of sp³-hybridized carbons (Fsp3) is 0.500. The van der Waals surface area contributed by atoms with E-state index in [0.717, 1.165) is 0 Å². The number of hydrogen-bond acceptors (Lipinski definition) is 2. The monoisotopic (exact) mass is 247 g/mol. The first-order chi connectivity index (χ1) is 7.83. The highest BCUT2D eigenvalue weighted by Gasteiger charge is 2.25. The number of alkyl halides is 2. The summed E-state index contributed by atoms with van der Waals surface area (Å²) in [6.45, 7) is 2.85. The van der Waals surface area contributed by atoms with Gasteiger partial charge < -0.3 is 10.5 Å². The summed E-state index contributed by atoms with van der Waals surface area (Å²) in [7, 11) is 0. The smallest absolute Gasteiger partial charge is 0.261 e. The van der Waals surface area contributed by atoms with E-state index in [9.17, 15) is 13.2 Å². The van der Waals surface area contributed by atoms with Crippen molar-refractivity contribution >= 4 is 5.69 Å². The number of nitrogens with two attached hydrogens (primary N) is 1. The third-order valence-electron chi connectivity index (χ3n) is 2.43. The van der Waals surface area contributed by atoms with Crippen molar-refractivity contribution < 1.29 is 17.9 Å². The molecule has 0 radical (unpaired) electrons. The molecule has 1 rings (SSSR count). The molecule has 0 unspecified atom stereocenters. The number of rotatable bonds is 5. The van der Waals surface area contributed by atoms with E-state index in [1.165, 1.54) is 6.07 Å². The highest BCUT2D eigenvalue weighted by molar-refractivity contribution is 5.42. The van der Waals surface area contributed by atoms with Crippen LogP contribution in [0.4, 0.5) is 18.9 Å². The molecule has 17 heavy (non-hydrogen) atoms. The van der Waals surface area contributed by atoms with Gasteiger partial charge in [-0.15, -0.1) is 0 Å². The molecule has 0 aliphatic carbocycles. The van der Waals surface area contributed by atoms with Gasteiger partial charge in [0, 0.05) is 11.1 Å². The van der Waals surface area contributed by atoms with Crippen LogP contribution < -0.4 is 5.73 Å². The minimum atomic E-state index is -2.51. The van der Waals surface area contributed by atoms with Crippen LogP contribution in [-0.2, 0) is 10.2 Å². The summed E-state index contributed by atoms with van der Waals surface area (Å²) >= 11 is 0. The Kier molecular flexibility index (Phi) is 4.40. The minimum absolute atomic E-state index is 0.0260. The Hall–Kier alpha value is -1.23. The van der Waals surface area contributed by atoms with E-state index < -0.39 is 24.3 Å². The first-order valence-electron chi connectivity index (χ1n) is 5.24. The van der Waals surface area contributed by atoms with Crippen molar-refractivity contribution in [3.05, 3.63) is 29.6 Å². The first-order valence-corrected chi connectivity index (χ1v) is 5.24. The van der Waals surface area contributed by atoms with E-state index in [0.29, 0.717) is 11.3 Å². The Morgan fingerprint density at radius 1 is 1.35 bits per heavy atom. The van der Waals surface area contributed by atoms with Gasteiger partial charge in [-0.05, 0) is 17.7 Å². The van der Waals surface area contributed by atoms with E-state index >= 15 is 0 Å². The Bertz CT molecular complexity index is 380. The van der Waals surface area contributed by atoms with Gasteiger partial charge in [-0.3, -0.25) is 0 Å². The Labute approximate surface area is 98.6 Å². The second kappa shape index (κ2) is 5.40. The van der Waals surface area contributed by atoms with Crippen molar-refractivity contribution in [3.63, 3.8) is 0 Å². The quantitative estimate of drug-likeness (QED) is 0.812. The lowest BCUT2D eigenvalue weighted by Crippen LogP contribution is -2.27. The Morgan fingerprint density at radius 3 is 2.53 bits per heavy atom. The zero-order chi connectivity index (χ0) is 13.1. The van der Waals surface area contributed by atoms with Gasteiger partial charge in [0.25, 0.3) is 6.43 Å². The zero-order valence-corrected chi connectivity index (χ0v) is 9.84. The summed E-state index contributed by atoms with van der Waals surface area (Å²) in [6.07, 6.45) is -2.51. The maximum Gasteiger partial charge on any atom is 0.261 e. The molecule has 0 saturated heterocycles. The fourth-order valence-corrected chi connectivity index (χ4v) is 1.56. The van der Waals surface area contributed by atoms with Gasteiger partial charge in [-0.1, -0.05) is 19.9 Å². The van der Waals surface area contributed by atoms with Crippen molar-refractivity contribution in [3.8, 4) is 0 Å². The van der Waals surface area contributed by atoms with Gasteiger partial charge in [0.05, 0.1) is 6.61 Å². The molecule has 0 saturated carbocycles. The molecule has 0 fully saturated rings. The third-order valence-corrected chi connectivity index (χ3v) is 2.43. The number of ether oxygens (including phenoxy) is 1. The van der Waals surface area contributed by atoms with Crippen LogP contribution in [0.2, 0.25) is 0 Å². The van der Waals surface area contributed by atoms with Crippen LogP contribution in [0.25, 0.3) is 0 Å². The minimum Gasteiger partial charge on any atom is -0.399 e. The van der Waals surface area contributed by atoms with Gasteiger partial charge >= 0.3 is 0 Å². The van der Waals surface area contributed by atoms with Crippen molar-refractivity contribution in [1.82, 2.24) is 0 Å². The maximum absolute atomic E-state index is 13.6. The van der Waals surface area contributed by atoms with Crippen molar-refractivity contribution in [1.29, 1.82) is 0 Å². The summed E-state index contributed by atoms with van der Waals surface area (Å²) < 4.78 is 42.4. The van der Waals surface area contributed by atoms with Crippen LogP contribution in [-0.4, -0.2) is 19.6 Å². The van der Waals surface area contributed by atoms with Gasteiger partial charge in [-0.25, -0.2) is 13.2 Å². The summed E-state index contributed by atoms with van der Waals surface area (Å²) in [5.74, 6) is -0.448. The summed E-state index contributed by atoms with van der Waals surface area (Å²) in [4.78, 5) is 0. The molecule has 0 aliphatic heterocycles. The molecule has 0 spiro atoms. The van der Waals surface area contributed by atoms with E-state index in [-0.39, 0.29) is 6.61 Å². The van der Waals surface area contributed by atoms with Crippen LogP contribution >= 0.6 is 0 Å². The molecule has 1 aromatic rings. The molecule has 0 heterocycles. The molecule has 0 aromatic heterocycles. The van der Waals surface area contributed by atoms with Crippen LogP contribution in [0.15, 0.2) is 18.2 Å². The number of halogens is 3. The van der Waals surface area contributed by atoms with Crippen LogP contribution in [0.1, 0.15) is 19.4 Å². The zero-order valence-electron chi connectivity index (χ0n) is 9.84. The van der Waals surface area contributed by atoms with Crippen LogP contribution in [0.3, 0.4) is 0 Å². The maximum atomic E-state index is 13.6. The molecule has 5 heteroatoms. The summed E-state index contributed by atoms with van der Waals surface area (Å²) in [5.41, 5.74) is 5.50. The second-order valence-corrected chi connectivity index (χ2v) is 4.53. The predicted octanol–water partition coefficient (Wildman–Crippen LogP) is 2.97. The van der Waals surface area contributed by atoms with E-state index in [2.05, 4.69) is 0 Å². The molecule has 96 valence electrons. The molecule has 0 atom stereocenters. The van der Waals surface area contributed by atoms with Crippen LogP contribution in [0.5, 0.6) is 0 Å². The normalized spacial score (nSPS) is 12.1. The molecule has 1 aromatic carbocycles. The van der Waals surface area contributed by atoms with E-state index in [1.807, 2.05) is 0 Å². The highest BCUT2D eigenvalue weighted by Crippen LogP contribution is 2.27. The van der Waals surface area contributed by atoms with Gasteiger partial charge in [0.2, 0.25) is 0 Å². The number of anilines is 1. The topological polar surface area (TPSA) is 35.2 Å². The SMILES string of the molecule is CC(C)(COCC(F)F)c1ccc(N)cc1F. The fourth-order valence-electron chi connectivity index (χ4n) is 1.56. The first kappa shape index (κ1) is 13.8. The average molecular weight is 247 g/mol. The molecule has 0 aliphatic rings. The van der Waals surface area contributed by atoms with Crippen molar-refractivity contribution in [2.75, 3.05) is 18.9 Å². The van der Waals surface area contributed by atoms with Crippen molar-refractivity contribution in [2.24, 2.45) is 0 Å². The molecule has 2 N–H and O–H groups in total. The number of nitrogen functional groups attached to an aromatic ring is 1. The van der Waals surface area contributed by atoms with E-state index in [1.54, 1.807) is 26.0 Å².